The van der Waals surface area contributed by atoms with Crippen molar-refractivity contribution >= 4 is 6.09 Å². The van der Waals surface area contributed by atoms with Crippen molar-refractivity contribution in [2.24, 2.45) is 5.73 Å². The van der Waals surface area contributed by atoms with Crippen LogP contribution in [0, 0.1) is 5.82 Å². The normalized spacial score (nSPS) is 13.1. The van der Waals surface area contributed by atoms with Crippen LogP contribution in [-0.2, 0) is 9.47 Å². The van der Waals surface area contributed by atoms with E-state index in [1.807, 2.05) is 0 Å². The maximum absolute atomic E-state index is 13.9. The molecule has 0 saturated carbocycles. The molecule has 0 fully saturated rings. The lowest BCUT2D eigenvalue weighted by Crippen LogP contribution is -2.38. The van der Waals surface area contributed by atoms with E-state index in [0.717, 1.165) is 0 Å². The second kappa shape index (κ2) is 6.52. The number of methoxy groups -OCH3 is 1. The third-order valence-electron chi connectivity index (χ3n) is 3.09. The van der Waals surface area contributed by atoms with Gasteiger partial charge in [0.15, 0.2) is 0 Å². The molecule has 1 amide bonds. The lowest BCUT2D eigenvalue weighted by molar-refractivity contribution is 0.0140. The van der Waals surface area contributed by atoms with Gasteiger partial charge in [-0.25, -0.2) is 9.18 Å². The first-order chi connectivity index (χ1) is 8.88. The molecule has 4 nitrogen and oxygen atoms in total. The lowest BCUT2D eigenvalue weighted by Gasteiger charge is -2.33. The van der Waals surface area contributed by atoms with Gasteiger partial charge in [-0.15, -0.1) is 0 Å². The van der Waals surface area contributed by atoms with Gasteiger partial charge in [-0.3, -0.25) is 0 Å². The molecule has 0 unspecified atom stereocenters. The number of primary amides is 1. The molecule has 1 aromatic carbocycles. The van der Waals surface area contributed by atoms with E-state index in [2.05, 4.69) is 0 Å². The van der Waals surface area contributed by atoms with Crippen LogP contribution in [0.4, 0.5) is 9.18 Å². The van der Waals surface area contributed by atoms with Gasteiger partial charge in [0.05, 0.1) is 0 Å². The highest BCUT2D eigenvalue weighted by molar-refractivity contribution is 5.65. The number of carbonyl (C=O) groups excluding carboxylic acids is 1. The highest BCUT2D eigenvalue weighted by Crippen LogP contribution is 2.35. The summed E-state index contributed by atoms with van der Waals surface area (Å²) >= 11 is 0. The summed E-state index contributed by atoms with van der Waals surface area (Å²) in [5, 5.41) is 0. The molecule has 0 radical (unpaired) electrons. The van der Waals surface area contributed by atoms with Crippen molar-refractivity contribution in [3.05, 3.63) is 35.6 Å². The van der Waals surface area contributed by atoms with E-state index >= 15 is 0 Å². The molecule has 0 aromatic heterocycles. The second-order valence-corrected chi connectivity index (χ2v) is 4.88. The number of ether oxygens (including phenoxy) is 2. The van der Waals surface area contributed by atoms with E-state index < -0.39 is 11.7 Å². The van der Waals surface area contributed by atoms with Gasteiger partial charge in [0.25, 0.3) is 0 Å². The number of nitrogens with two attached hydrogens (primary N) is 1. The molecule has 0 aliphatic rings. The SMILES string of the molecule is COCC[C@@H](c1ccccc1F)C(C)(C)OC(N)=O. The molecular formula is C14H20FNO3. The van der Waals surface area contributed by atoms with Gasteiger partial charge >= 0.3 is 6.09 Å². The van der Waals surface area contributed by atoms with Gasteiger partial charge in [0.1, 0.15) is 11.4 Å². The summed E-state index contributed by atoms with van der Waals surface area (Å²) in [5.41, 5.74) is 4.66. The molecule has 0 spiro atoms. The smallest absolute Gasteiger partial charge is 0.405 e. The van der Waals surface area contributed by atoms with Crippen LogP contribution in [0.15, 0.2) is 24.3 Å². The Labute approximate surface area is 112 Å². The van der Waals surface area contributed by atoms with Crippen molar-refractivity contribution < 1.29 is 18.7 Å². The predicted octanol–water partition coefficient (Wildman–Crippen LogP) is 2.82. The zero-order valence-corrected chi connectivity index (χ0v) is 11.5. The molecule has 5 heteroatoms. The monoisotopic (exact) mass is 269 g/mol. The van der Waals surface area contributed by atoms with Crippen LogP contribution < -0.4 is 5.73 Å². The second-order valence-electron chi connectivity index (χ2n) is 4.88. The van der Waals surface area contributed by atoms with E-state index in [1.165, 1.54) is 6.07 Å². The van der Waals surface area contributed by atoms with Crippen LogP contribution in [-0.4, -0.2) is 25.4 Å². The third-order valence-corrected chi connectivity index (χ3v) is 3.09. The highest BCUT2D eigenvalue weighted by atomic mass is 19.1. The van der Waals surface area contributed by atoms with Crippen LogP contribution in [0.2, 0.25) is 0 Å². The molecule has 0 heterocycles. The van der Waals surface area contributed by atoms with E-state index in [-0.39, 0.29) is 11.7 Å². The average molecular weight is 269 g/mol. The maximum atomic E-state index is 13.9. The van der Waals surface area contributed by atoms with Gasteiger partial charge in [0, 0.05) is 19.6 Å². The minimum Gasteiger partial charge on any atom is -0.443 e. The number of halogens is 1. The van der Waals surface area contributed by atoms with Crippen molar-refractivity contribution in [2.45, 2.75) is 31.8 Å². The highest BCUT2D eigenvalue weighted by Gasteiger charge is 2.35. The van der Waals surface area contributed by atoms with E-state index in [4.69, 9.17) is 15.2 Å². The third kappa shape index (κ3) is 4.21. The van der Waals surface area contributed by atoms with Crippen molar-refractivity contribution in [3.8, 4) is 0 Å². The molecule has 0 saturated heterocycles. The molecule has 19 heavy (non-hydrogen) atoms. The van der Waals surface area contributed by atoms with Crippen LogP contribution in [0.3, 0.4) is 0 Å². The summed E-state index contributed by atoms with van der Waals surface area (Å²) in [7, 11) is 1.57. The Morgan fingerprint density at radius 3 is 2.58 bits per heavy atom. The summed E-state index contributed by atoms with van der Waals surface area (Å²) in [6, 6.07) is 6.43. The molecule has 1 atom stereocenters. The Hall–Kier alpha value is -1.62. The Balaban J connectivity index is 3.07. The fourth-order valence-corrected chi connectivity index (χ4v) is 2.20. The minimum absolute atomic E-state index is 0.329. The lowest BCUT2D eigenvalue weighted by atomic mass is 9.82. The van der Waals surface area contributed by atoms with Crippen LogP contribution in [0.1, 0.15) is 31.7 Å². The largest absolute Gasteiger partial charge is 0.443 e. The standard InChI is InChI=1S/C14H20FNO3/c1-14(2,19-13(16)17)11(8-9-18-3)10-6-4-5-7-12(10)15/h4-7,11H,8-9H2,1-3H3,(H2,16,17)/t11-/m0/s1. The maximum Gasteiger partial charge on any atom is 0.405 e. The summed E-state index contributed by atoms with van der Waals surface area (Å²) in [5.74, 6) is -0.661. The number of hydrogen-bond donors (Lipinski definition) is 1. The zero-order valence-electron chi connectivity index (χ0n) is 11.5. The van der Waals surface area contributed by atoms with E-state index in [0.29, 0.717) is 18.6 Å². The van der Waals surface area contributed by atoms with Gasteiger partial charge in [-0.05, 0) is 31.9 Å². The van der Waals surface area contributed by atoms with Gasteiger partial charge in [-0.2, -0.15) is 0 Å². The first-order valence-electron chi connectivity index (χ1n) is 6.10. The summed E-state index contributed by atoms with van der Waals surface area (Å²) in [4.78, 5) is 11.0. The molecule has 0 bridgehead atoms. The quantitative estimate of drug-likeness (QED) is 0.863. The molecule has 106 valence electrons. The predicted molar refractivity (Wildman–Crippen MR) is 70.4 cm³/mol. The molecular weight excluding hydrogens is 249 g/mol. The van der Waals surface area contributed by atoms with E-state index in [1.54, 1.807) is 39.2 Å². The summed E-state index contributed by atoms with van der Waals surface area (Å²) < 4.78 is 24.1. The van der Waals surface area contributed by atoms with Crippen molar-refractivity contribution in [2.75, 3.05) is 13.7 Å². The number of carbonyl (C=O) groups is 1. The molecule has 2 N–H and O–H groups in total. The van der Waals surface area contributed by atoms with Crippen LogP contribution in [0.25, 0.3) is 0 Å². The number of amides is 1. The number of rotatable bonds is 6. The van der Waals surface area contributed by atoms with Gasteiger partial charge in [-0.1, -0.05) is 18.2 Å². The van der Waals surface area contributed by atoms with Crippen molar-refractivity contribution in [1.29, 1.82) is 0 Å². The van der Waals surface area contributed by atoms with Crippen molar-refractivity contribution in [3.63, 3.8) is 0 Å². The Kier molecular flexibility index (Phi) is 5.30. The molecule has 1 rings (SSSR count). The fourth-order valence-electron chi connectivity index (χ4n) is 2.20. The zero-order chi connectivity index (χ0) is 14.5. The van der Waals surface area contributed by atoms with Crippen LogP contribution in [0.5, 0.6) is 0 Å². The first kappa shape index (κ1) is 15.4. The Morgan fingerprint density at radius 1 is 1.42 bits per heavy atom. The van der Waals surface area contributed by atoms with Crippen molar-refractivity contribution in [1.82, 2.24) is 0 Å². The van der Waals surface area contributed by atoms with E-state index in [9.17, 15) is 9.18 Å². The Morgan fingerprint density at radius 2 is 2.05 bits per heavy atom. The molecule has 1 aromatic rings. The number of benzene rings is 1. The summed E-state index contributed by atoms with van der Waals surface area (Å²) in [6.07, 6.45) is -0.346. The first-order valence-corrected chi connectivity index (χ1v) is 6.10. The summed E-state index contributed by atoms with van der Waals surface area (Å²) in [6.45, 7) is 3.86. The van der Waals surface area contributed by atoms with Gasteiger partial charge in [0.2, 0.25) is 0 Å². The molecule has 0 aliphatic heterocycles. The van der Waals surface area contributed by atoms with Gasteiger partial charge < -0.3 is 15.2 Å². The topological polar surface area (TPSA) is 61.6 Å². The van der Waals surface area contributed by atoms with Crippen LogP contribution >= 0.6 is 0 Å². The minimum atomic E-state index is -0.910. The average Bonchev–Trinajstić information content (AvgIpc) is 2.29. The Bertz CT molecular complexity index is 434. The molecule has 0 aliphatic carbocycles. The fraction of sp³-hybridized carbons (Fsp3) is 0.500. The number of hydrogen-bond acceptors (Lipinski definition) is 3.